The molecule has 1 saturated heterocycles. The predicted molar refractivity (Wildman–Crippen MR) is 118 cm³/mol. The lowest BCUT2D eigenvalue weighted by Crippen LogP contribution is -2.42. The zero-order chi connectivity index (χ0) is 23.8. The number of fused-ring (bicyclic) bond motifs is 1. The maximum atomic E-state index is 12.5. The number of hydrogen-bond donors (Lipinski definition) is 2. The summed E-state index contributed by atoms with van der Waals surface area (Å²) in [5.41, 5.74) is 8.36. The van der Waals surface area contributed by atoms with Crippen LogP contribution in [0.25, 0.3) is 0 Å². The van der Waals surface area contributed by atoms with Gasteiger partial charge in [-0.3, -0.25) is 5.10 Å². The van der Waals surface area contributed by atoms with Gasteiger partial charge in [-0.2, -0.15) is 5.26 Å². The Morgan fingerprint density at radius 1 is 1.30 bits per heavy atom. The van der Waals surface area contributed by atoms with E-state index in [0.717, 1.165) is 16.8 Å². The summed E-state index contributed by atoms with van der Waals surface area (Å²) in [5, 5.41) is 17.2. The molecule has 0 aliphatic carbocycles. The van der Waals surface area contributed by atoms with E-state index in [4.69, 9.17) is 24.7 Å². The van der Waals surface area contributed by atoms with Crippen LogP contribution in [0.3, 0.4) is 0 Å². The minimum Gasteiger partial charge on any atom is -0.493 e. The molecule has 0 saturated carbocycles. The lowest BCUT2D eigenvalue weighted by atomic mass is 9.79. The van der Waals surface area contributed by atoms with Gasteiger partial charge < -0.3 is 29.6 Å². The Morgan fingerprint density at radius 3 is 2.67 bits per heavy atom. The number of allylic oxidation sites excluding steroid dienone is 1. The molecule has 0 spiro atoms. The number of nitriles is 1. The van der Waals surface area contributed by atoms with Crippen molar-refractivity contribution in [3.63, 3.8) is 0 Å². The molecule has 3 heterocycles. The van der Waals surface area contributed by atoms with Gasteiger partial charge in [0.1, 0.15) is 11.6 Å². The quantitative estimate of drug-likeness (QED) is 0.724. The number of methoxy groups -OCH3 is 1. The zero-order valence-corrected chi connectivity index (χ0v) is 19.1. The molecule has 10 nitrogen and oxygen atoms in total. The summed E-state index contributed by atoms with van der Waals surface area (Å²) < 4.78 is 22.0. The highest BCUT2D eigenvalue weighted by molar-refractivity contribution is 5.72. The van der Waals surface area contributed by atoms with E-state index < -0.39 is 12.0 Å². The second-order valence-electron chi connectivity index (χ2n) is 8.87. The molecule has 0 radical (unpaired) electrons. The van der Waals surface area contributed by atoms with Gasteiger partial charge in [0, 0.05) is 24.2 Å². The Balaban J connectivity index is 1.73. The van der Waals surface area contributed by atoms with Gasteiger partial charge in [-0.05, 0) is 17.7 Å². The number of hydrogen-bond acceptors (Lipinski definition) is 8. The molecule has 3 N–H and O–H groups in total. The smallest absolute Gasteiger partial charge is 0.415 e. The summed E-state index contributed by atoms with van der Waals surface area (Å²) in [7, 11) is 1.49. The van der Waals surface area contributed by atoms with Crippen LogP contribution in [0.1, 0.15) is 43.5 Å². The van der Waals surface area contributed by atoms with Crippen LogP contribution >= 0.6 is 0 Å². The zero-order valence-electron chi connectivity index (χ0n) is 19.1. The molecule has 2 aliphatic heterocycles. The third-order valence-electron chi connectivity index (χ3n) is 5.68. The molecule has 2 aliphatic rings. The van der Waals surface area contributed by atoms with Crippen molar-refractivity contribution in [2.75, 3.05) is 33.4 Å². The van der Waals surface area contributed by atoms with Crippen LogP contribution in [-0.4, -0.2) is 54.6 Å². The van der Waals surface area contributed by atoms with Crippen LogP contribution in [0.2, 0.25) is 0 Å². The fourth-order valence-electron chi connectivity index (χ4n) is 4.00. The number of nitrogens with zero attached hydrogens (tertiary/aromatic N) is 3. The Kier molecular flexibility index (Phi) is 5.91. The van der Waals surface area contributed by atoms with E-state index in [1.165, 1.54) is 7.11 Å². The lowest BCUT2D eigenvalue weighted by Gasteiger charge is -2.28. The number of benzene rings is 1. The molecule has 1 amide bonds. The molecule has 0 bridgehead atoms. The summed E-state index contributed by atoms with van der Waals surface area (Å²) in [5.74, 6) is 0.458. The third-order valence-corrected chi connectivity index (χ3v) is 5.68. The molecule has 10 heteroatoms. The van der Waals surface area contributed by atoms with Crippen molar-refractivity contribution in [2.24, 2.45) is 5.73 Å². The summed E-state index contributed by atoms with van der Waals surface area (Å²) in [6.07, 6.45) is -0.468. The van der Waals surface area contributed by atoms with Gasteiger partial charge in [0.05, 0.1) is 31.8 Å². The van der Waals surface area contributed by atoms with Crippen molar-refractivity contribution in [1.82, 2.24) is 15.1 Å². The topological polar surface area (TPSA) is 136 Å². The summed E-state index contributed by atoms with van der Waals surface area (Å²) in [6.45, 7) is 8.01. The summed E-state index contributed by atoms with van der Waals surface area (Å²) >= 11 is 0. The first-order chi connectivity index (χ1) is 15.7. The molecule has 2 aromatic rings. The third kappa shape index (κ3) is 4.19. The Morgan fingerprint density at radius 2 is 2.03 bits per heavy atom. The molecule has 0 unspecified atom stereocenters. The molecular weight excluding hydrogens is 426 g/mol. The summed E-state index contributed by atoms with van der Waals surface area (Å²) in [6, 6.07) is 7.37. The minimum atomic E-state index is -0.524. The lowest BCUT2D eigenvalue weighted by molar-refractivity contribution is 0.0413. The second-order valence-corrected chi connectivity index (χ2v) is 8.87. The van der Waals surface area contributed by atoms with E-state index >= 15 is 0 Å². The highest BCUT2D eigenvalue weighted by Gasteiger charge is 2.38. The van der Waals surface area contributed by atoms with Gasteiger partial charge in [-0.15, -0.1) is 5.10 Å². The van der Waals surface area contributed by atoms with Gasteiger partial charge in [-0.25, -0.2) is 4.79 Å². The number of carbonyl (C=O) groups is 1. The van der Waals surface area contributed by atoms with Crippen LogP contribution in [0, 0.1) is 11.3 Å². The second kappa shape index (κ2) is 8.67. The van der Waals surface area contributed by atoms with Crippen LogP contribution in [0.5, 0.6) is 17.4 Å². The van der Waals surface area contributed by atoms with Crippen LogP contribution < -0.4 is 19.9 Å². The van der Waals surface area contributed by atoms with Gasteiger partial charge in [0.15, 0.2) is 11.5 Å². The van der Waals surface area contributed by atoms with Crippen molar-refractivity contribution < 1.29 is 23.7 Å². The standard InChI is InChI=1S/C23H27N5O5/c1-23(2,3)19-18-17(14(12-24)20(25)33-21(18)27-26-19)13-5-6-15(16(11-13)30-4)32-22(29)28-7-9-31-10-8-28/h5-6,11,17H,7-10,25H2,1-4H3,(H,26,27)/t17-/m0/s1. The first-order valence-electron chi connectivity index (χ1n) is 10.6. The normalized spacial score (nSPS) is 18.3. The monoisotopic (exact) mass is 453 g/mol. The van der Waals surface area contributed by atoms with E-state index in [2.05, 4.69) is 16.3 Å². The molecule has 4 rings (SSSR count). The van der Waals surface area contributed by atoms with Crippen LogP contribution in [0.15, 0.2) is 29.7 Å². The molecule has 1 fully saturated rings. The fourth-order valence-corrected chi connectivity index (χ4v) is 4.00. The minimum absolute atomic E-state index is 0.00347. The van der Waals surface area contributed by atoms with Crippen molar-refractivity contribution in [3.8, 4) is 23.4 Å². The number of nitrogens with one attached hydrogen (secondary N) is 1. The number of nitrogens with two attached hydrogens (primary N) is 1. The maximum absolute atomic E-state index is 12.5. The largest absolute Gasteiger partial charge is 0.493 e. The van der Waals surface area contributed by atoms with Gasteiger partial charge >= 0.3 is 6.09 Å². The first kappa shape index (κ1) is 22.5. The van der Waals surface area contributed by atoms with E-state index in [-0.39, 0.29) is 22.6 Å². The first-order valence-corrected chi connectivity index (χ1v) is 10.6. The summed E-state index contributed by atoms with van der Waals surface area (Å²) in [4.78, 5) is 14.1. The average molecular weight is 453 g/mol. The number of morpholine rings is 1. The number of aromatic amines is 1. The van der Waals surface area contributed by atoms with E-state index in [0.29, 0.717) is 37.9 Å². The van der Waals surface area contributed by atoms with Gasteiger partial charge in [0.2, 0.25) is 11.8 Å². The van der Waals surface area contributed by atoms with Crippen molar-refractivity contribution >= 4 is 6.09 Å². The Hall–Kier alpha value is -3.71. The Labute approximate surface area is 191 Å². The molecule has 1 aromatic heterocycles. The highest BCUT2D eigenvalue weighted by Crippen LogP contribution is 2.46. The molecule has 1 aromatic carbocycles. The highest BCUT2D eigenvalue weighted by atomic mass is 16.6. The fraction of sp³-hybridized carbons (Fsp3) is 0.435. The number of ether oxygens (including phenoxy) is 4. The maximum Gasteiger partial charge on any atom is 0.415 e. The number of aromatic nitrogens is 2. The van der Waals surface area contributed by atoms with Crippen molar-refractivity contribution in [3.05, 3.63) is 46.5 Å². The number of carbonyl (C=O) groups excluding carboxylic acids is 1. The predicted octanol–water partition coefficient (Wildman–Crippen LogP) is 2.76. The number of rotatable bonds is 3. The molecule has 1 atom stereocenters. The van der Waals surface area contributed by atoms with Crippen LogP contribution in [-0.2, 0) is 10.2 Å². The SMILES string of the molecule is COc1cc([C@H]2C(C#N)=C(N)Oc3n[nH]c(C(C)(C)C)c32)ccc1OC(=O)N1CCOCC1. The molecular formula is C23H27N5O5. The van der Waals surface area contributed by atoms with E-state index in [1.807, 2.05) is 20.8 Å². The van der Waals surface area contributed by atoms with Crippen LogP contribution in [0.4, 0.5) is 4.79 Å². The van der Waals surface area contributed by atoms with Gasteiger partial charge in [0.25, 0.3) is 0 Å². The molecule has 33 heavy (non-hydrogen) atoms. The van der Waals surface area contributed by atoms with Crippen molar-refractivity contribution in [1.29, 1.82) is 5.26 Å². The number of amides is 1. The molecule has 174 valence electrons. The Bertz CT molecular complexity index is 1140. The van der Waals surface area contributed by atoms with E-state index in [9.17, 15) is 10.1 Å². The average Bonchev–Trinajstić information content (AvgIpc) is 3.23. The van der Waals surface area contributed by atoms with Crippen molar-refractivity contribution in [2.45, 2.75) is 32.1 Å². The number of H-pyrrole nitrogens is 1. The van der Waals surface area contributed by atoms with E-state index in [1.54, 1.807) is 23.1 Å². The van der Waals surface area contributed by atoms with Gasteiger partial charge in [-0.1, -0.05) is 26.8 Å².